The van der Waals surface area contributed by atoms with Crippen LogP contribution in [0.2, 0.25) is 0 Å². The van der Waals surface area contributed by atoms with Crippen LogP contribution in [0.25, 0.3) is 0 Å². The van der Waals surface area contributed by atoms with Crippen molar-refractivity contribution in [2.75, 3.05) is 19.6 Å². The molecule has 1 saturated heterocycles. The number of thiophene rings is 1. The summed E-state index contributed by atoms with van der Waals surface area (Å²) < 4.78 is 0. The van der Waals surface area contributed by atoms with Gasteiger partial charge in [-0.05, 0) is 51.0 Å². The molecule has 2 heterocycles. The number of rotatable bonds is 8. The molecule has 1 aromatic rings. The number of piperidine rings is 1. The van der Waals surface area contributed by atoms with Gasteiger partial charge in [0.25, 0.3) is 0 Å². The number of nitrogens with one attached hydrogen (secondary N) is 1. The van der Waals surface area contributed by atoms with Crippen molar-refractivity contribution in [1.82, 2.24) is 10.2 Å². The Balaban J connectivity index is 1.67. The zero-order valence-electron chi connectivity index (χ0n) is 12.8. The van der Waals surface area contributed by atoms with Crippen molar-refractivity contribution in [3.8, 4) is 0 Å². The highest BCUT2D eigenvalue weighted by atomic mass is 32.1. The van der Waals surface area contributed by atoms with Crippen LogP contribution in [-0.2, 0) is 17.8 Å². The Hall–Kier alpha value is -0.910. The topological polar surface area (TPSA) is 52.6 Å². The fourth-order valence-electron chi connectivity index (χ4n) is 2.75. The molecule has 1 aliphatic heterocycles. The third-order valence-electron chi connectivity index (χ3n) is 4.02. The van der Waals surface area contributed by atoms with Crippen LogP contribution in [0.5, 0.6) is 0 Å². The third kappa shape index (κ3) is 5.77. The van der Waals surface area contributed by atoms with E-state index in [2.05, 4.69) is 17.1 Å². The van der Waals surface area contributed by atoms with E-state index in [9.17, 15) is 4.79 Å². The predicted molar refractivity (Wildman–Crippen MR) is 86.9 cm³/mol. The van der Waals surface area contributed by atoms with Crippen molar-refractivity contribution in [2.24, 2.45) is 0 Å². The average Bonchev–Trinajstić information content (AvgIpc) is 2.91. The van der Waals surface area contributed by atoms with E-state index < -0.39 is 5.97 Å². The monoisotopic (exact) mass is 310 g/mol. The Morgan fingerprint density at radius 1 is 1.38 bits per heavy atom. The van der Waals surface area contributed by atoms with E-state index in [0.29, 0.717) is 6.04 Å². The standard InChI is InChI=1S/C16H26N2O2S/c1-2-3-8-18-9-6-13(7-10-18)17-12-15-5-4-14(21-15)11-16(19)20/h4-5,13,17H,2-3,6-12H2,1H3,(H,19,20). The lowest BCUT2D eigenvalue weighted by atomic mass is 10.0. The van der Waals surface area contributed by atoms with Gasteiger partial charge in [-0.25, -0.2) is 0 Å². The van der Waals surface area contributed by atoms with Gasteiger partial charge in [-0.2, -0.15) is 0 Å². The van der Waals surface area contributed by atoms with E-state index in [1.165, 1.54) is 50.2 Å². The molecule has 5 heteroatoms. The highest BCUT2D eigenvalue weighted by Crippen LogP contribution is 2.18. The largest absolute Gasteiger partial charge is 0.481 e. The van der Waals surface area contributed by atoms with Crippen LogP contribution in [0, 0.1) is 0 Å². The average molecular weight is 310 g/mol. The molecule has 1 aliphatic rings. The first-order chi connectivity index (χ1) is 10.2. The number of hydrogen-bond donors (Lipinski definition) is 2. The molecule has 0 bridgehead atoms. The molecule has 0 aromatic carbocycles. The summed E-state index contributed by atoms with van der Waals surface area (Å²) in [5.74, 6) is -0.754. The van der Waals surface area contributed by atoms with Crippen molar-refractivity contribution in [2.45, 2.75) is 51.6 Å². The Bertz CT molecular complexity index is 439. The number of nitrogens with zero attached hydrogens (tertiary/aromatic N) is 1. The van der Waals surface area contributed by atoms with E-state index >= 15 is 0 Å². The molecule has 0 amide bonds. The lowest BCUT2D eigenvalue weighted by Crippen LogP contribution is -2.42. The van der Waals surface area contributed by atoms with Gasteiger partial charge in [0.2, 0.25) is 0 Å². The first-order valence-corrected chi connectivity index (χ1v) is 8.74. The van der Waals surface area contributed by atoms with Crippen LogP contribution < -0.4 is 5.32 Å². The SMILES string of the molecule is CCCCN1CCC(NCc2ccc(CC(=O)O)s2)CC1. The van der Waals surface area contributed by atoms with Gasteiger partial charge < -0.3 is 15.3 Å². The van der Waals surface area contributed by atoms with Crippen LogP contribution in [0.1, 0.15) is 42.4 Å². The van der Waals surface area contributed by atoms with Crippen LogP contribution >= 0.6 is 11.3 Å². The van der Waals surface area contributed by atoms with Crippen molar-refractivity contribution in [3.05, 3.63) is 21.9 Å². The maximum atomic E-state index is 10.7. The lowest BCUT2D eigenvalue weighted by Gasteiger charge is -2.32. The molecule has 0 spiro atoms. The zero-order chi connectivity index (χ0) is 15.1. The third-order valence-corrected chi connectivity index (χ3v) is 5.11. The molecule has 4 nitrogen and oxygen atoms in total. The Labute approximate surface area is 131 Å². The minimum atomic E-state index is -0.754. The maximum absolute atomic E-state index is 10.7. The summed E-state index contributed by atoms with van der Waals surface area (Å²) in [5, 5.41) is 12.4. The number of hydrogen-bond acceptors (Lipinski definition) is 4. The molecule has 0 unspecified atom stereocenters. The second-order valence-corrected chi connectivity index (χ2v) is 7.04. The summed E-state index contributed by atoms with van der Waals surface area (Å²) in [5.41, 5.74) is 0. The highest BCUT2D eigenvalue weighted by Gasteiger charge is 2.18. The molecule has 1 aromatic heterocycles. The molecule has 21 heavy (non-hydrogen) atoms. The molecule has 0 atom stereocenters. The van der Waals surface area contributed by atoms with Crippen molar-refractivity contribution in [3.63, 3.8) is 0 Å². The molecule has 118 valence electrons. The first-order valence-electron chi connectivity index (χ1n) is 7.92. The zero-order valence-corrected chi connectivity index (χ0v) is 13.6. The normalized spacial score (nSPS) is 17.2. The Kier molecular flexibility index (Phi) is 6.67. The van der Waals surface area contributed by atoms with Crippen LogP contribution in [-0.4, -0.2) is 41.7 Å². The summed E-state index contributed by atoms with van der Waals surface area (Å²) in [6.07, 6.45) is 5.16. The second kappa shape index (κ2) is 8.51. The molecular weight excluding hydrogens is 284 g/mol. The van der Waals surface area contributed by atoms with Crippen molar-refractivity contribution < 1.29 is 9.90 Å². The minimum Gasteiger partial charge on any atom is -0.481 e. The molecule has 0 aliphatic carbocycles. The molecule has 1 fully saturated rings. The Morgan fingerprint density at radius 2 is 2.10 bits per heavy atom. The molecule has 2 rings (SSSR count). The van der Waals surface area contributed by atoms with Crippen LogP contribution in [0.3, 0.4) is 0 Å². The molecular formula is C16H26N2O2S. The van der Waals surface area contributed by atoms with Crippen molar-refractivity contribution in [1.29, 1.82) is 0 Å². The summed E-state index contributed by atoms with van der Waals surface area (Å²) in [6.45, 7) is 6.75. The summed E-state index contributed by atoms with van der Waals surface area (Å²) >= 11 is 1.61. The van der Waals surface area contributed by atoms with Crippen molar-refractivity contribution >= 4 is 17.3 Å². The van der Waals surface area contributed by atoms with E-state index in [4.69, 9.17) is 5.11 Å². The van der Waals surface area contributed by atoms with E-state index in [0.717, 1.165) is 11.4 Å². The Morgan fingerprint density at radius 3 is 2.76 bits per heavy atom. The fourth-order valence-corrected chi connectivity index (χ4v) is 3.71. The number of carboxylic acid groups (broad SMARTS) is 1. The van der Waals surface area contributed by atoms with Crippen LogP contribution in [0.4, 0.5) is 0 Å². The fraction of sp³-hybridized carbons (Fsp3) is 0.688. The smallest absolute Gasteiger partial charge is 0.308 e. The highest BCUT2D eigenvalue weighted by molar-refractivity contribution is 7.12. The van der Waals surface area contributed by atoms with E-state index in [-0.39, 0.29) is 6.42 Å². The molecule has 0 radical (unpaired) electrons. The molecule has 2 N–H and O–H groups in total. The molecule has 0 saturated carbocycles. The van der Waals surface area contributed by atoms with Gasteiger partial charge in [0.05, 0.1) is 6.42 Å². The summed E-state index contributed by atoms with van der Waals surface area (Å²) in [6, 6.07) is 4.59. The summed E-state index contributed by atoms with van der Waals surface area (Å²) in [7, 11) is 0. The first kappa shape index (κ1) is 16.5. The quantitative estimate of drug-likeness (QED) is 0.775. The number of carbonyl (C=O) groups is 1. The number of aliphatic carboxylic acids is 1. The van der Waals surface area contributed by atoms with Crippen LogP contribution in [0.15, 0.2) is 12.1 Å². The van der Waals surface area contributed by atoms with Gasteiger partial charge in [0, 0.05) is 22.3 Å². The van der Waals surface area contributed by atoms with E-state index in [1.54, 1.807) is 11.3 Å². The van der Waals surface area contributed by atoms with E-state index in [1.807, 2.05) is 12.1 Å². The number of carboxylic acids is 1. The second-order valence-electron chi connectivity index (χ2n) is 5.79. The van der Waals surface area contributed by atoms with Gasteiger partial charge >= 0.3 is 5.97 Å². The summed E-state index contributed by atoms with van der Waals surface area (Å²) in [4.78, 5) is 15.4. The van der Waals surface area contributed by atoms with Gasteiger partial charge in [-0.3, -0.25) is 4.79 Å². The van der Waals surface area contributed by atoms with Gasteiger partial charge in [0.15, 0.2) is 0 Å². The van der Waals surface area contributed by atoms with Gasteiger partial charge in [0.1, 0.15) is 0 Å². The number of likely N-dealkylation sites (tertiary alicyclic amines) is 1. The lowest BCUT2D eigenvalue weighted by molar-refractivity contribution is -0.136. The predicted octanol–water partition coefficient (Wildman–Crippen LogP) is 2.73. The van der Waals surface area contributed by atoms with Gasteiger partial charge in [-0.15, -0.1) is 11.3 Å². The van der Waals surface area contributed by atoms with Gasteiger partial charge in [-0.1, -0.05) is 13.3 Å². The minimum absolute atomic E-state index is 0.139. The number of unbranched alkanes of at least 4 members (excludes halogenated alkanes) is 1. The maximum Gasteiger partial charge on any atom is 0.308 e.